The van der Waals surface area contributed by atoms with Crippen LogP contribution in [0.4, 0.5) is 21.9 Å². The fraction of sp³-hybridized carbons (Fsp3) is 0.444. The Bertz CT molecular complexity index is 2700. The molecule has 5 aromatic rings. The second-order valence-electron chi connectivity index (χ2n) is 17.8. The molecule has 1 atom stereocenters. The fourth-order valence-corrected chi connectivity index (χ4v) is 8.49. The van der Waals surface area contributed by atoms with E-state index in [0.29, 0.717) is 80.3 Å². The molecule has 66 heavy (non-hydrogen) atoms. The minimum Gasteiger partial charge on any atom is -0.443 e. The normalized spacial score (nSPS) is 16.7. The highest BCUT2D eigenvalue weighted by molar-refractivity contribution is 6.33. The molecular weight excluding hydrogens is 872 g/mol. The van der Waals surface area contributed by atoms with Gasteiger partial charge in [0.25, 0.3) is 11.8 Å². The lowest BCUT2D eigenvalue weighted by Gasteiger charge is -2.36. The summed E-state index contributed by atoms with van der Waals surface area (Å²) in [4.78, 5) is 97.6. The Morgan fingerprint density at radius 2 is 1.77 bits per heavy atom. The van der Waals surface area contributed by atoms with E-state index in [-0.39, 0.29) is 53.7 Å². The number of urea groups is 1. The van der Waals surface area contributed by atoms with Gasteiger partial charge in [-0.15, -0.1) is 0 Å². The van der Waals surface area contributed by atoms with Crippen molar-refractivity contribution in [3.8, 4) is 11.5 Å². The number of aryl methyl sites for hydroxylation is 1. The number of nitrogens with zero attached hydrogens (tertiary/aromatic N) is 10. The lowest BCUT2D eigenvalue weighted by molar-refractivity contribution is -0.168. The summed E-state index contributed by atoms with van der Waals surface area (Å²) in [7, 11) is 0. The van der Waals surface area contributed by atoms with Gasteiger partial charge in [0.2, 0.25) is 23.5 Å². The van der Waals surface area contributed by atoms with Crippen molar-refractivity contribution in [2.24, 2.45) is 5.41 Å². The molecule has 3 aliphatic rings. The molecule has 21 heteroatoms. The summed E-state index contributed by atoms with van der Waals surface area (Å²) < 4.78 is 12.4. The largest absolute Gasteiger partial charge is 0.443 e. The molecule has 6 amide bonds. The second kappa shape index (κ2) is 18.9. The number of unbranched alkanes of at least 4 members (excludes halogenated alkanes) is 1. The van der Waals surface area contributed by atoms with Crippen LogP contribution in [0.5, 0.6) is 0 Å². The predicted molar refractivity (Wildman–Crippen MR) is 240 cm³/mol. The van der Waals surface area contributed by atoms with Gasteiger partial charge in [-0.3, -0.25) is 24.0 Å². The first kappa shape index (κ1) is 45.6. The molecule has 2 saturated heterocycles. The smallest absolute Gasteiger partial charge is 0.323 e. The van der Waals surface area contributed by atoms with Crippen LogP contribution in [0.25, 0.3) is 17.2 Å². The first-order chi connectivity index (χ1) is 31.5. The minimum atomic E-state index is -0.848. The quantitative estimate of drug-likeness (QED) is 0.0823. The number of piperazine rings is 1. The number of ether oxygens (including phenoxy) is 1. The molecule has 0 spiro atoms. The van der Waals surface area contributed by atoms with E-state index in [4.69, 9.17) is 20.9 Å². The van der Waals surface area contributed by atoms with Gasteiger partial charge in [-0.05, 0) is 75.8 Å². The minimum absolute atomic E-state index is 0.0522. The Balaban J connectivity index is 0.770. The summed E-state index contributed by atoms with van der Waals surface area (Å²) in [6, 6.07) is 7.59. The number of carbonyl (C=O) groups excluding carboxylic acids is 6. The van der Waals surface area contributed by atoms with E-state index >= 15 is 0 Å². The molecule has 4 aromatic heterocycles. The fourth-order valence-electron chi connectivity index (χ4n) is 8.24. The number of aromatic nitrogens is 6. The maximum Gasteiger partial charge on any atom is 0.323 e. The summed E-state index contributed by atoms with van der Waals surface area (Å²) in [5, 5.41) is 14.2. The average Bonchev–Trinajstić information content (AvgIpc) is 4.03. The highest BCUT2D eigenvalue weighted by atomic mass is 35.5. The van der Waals surface area contributed by atoms with Crippen molar-refractivity contribution in [2.45, 2.75) is 91.6 Å². The van der Waals surface area contributed by atoms with E-state index in [0.717, 1.165) is 21.8 Å². The number of pyridine rings is 1. The Kier molecular flexibility index (Phi) is 13.0. The van der Waals surface area contributed by atoms with Crippen molar-refractivity contribution in [1.82, 2.24) is 44.4 Å². The molecule has 20 nitrogen and oxygen atoms in total. The van der Waals surface area contributed by atoms with E-state index in [1.807, 2.05) is 30.9 Å². The number of benzene rings is 1. The third-order valence-electron chi connectivity index (χ3n) is 11.8. The van der Waals surface area contributed by atoms with Crippen LogP contribution < -0.4 is 15.5 Å². The Labute approximate surface area is 385 Å². The molecule has 0 radical (unpaired) electrons. The number of piperidine rings is 1. The van der Waals surface area contributed by atoms with Crippen LogP contribution in [-0.4, -0.2) is 119 Å². The maximum atomic E-state index is 13.5. The summed E-state index contributed by atoms with van der Waals surface area (Å²) in [5.74, 6) is -1.11. The molecule has 2 fully saturated rings. The number of fused-ring (bicyclic) bond motifs is 2. The van der Waals surface area contributed by atoms with Crippen LogP contribution in [0.2, 0.25) is 5.02 Å². The Morgan fingerprint density at radius 1 is 0.985 bits per heavy atom. The van der Waals surface area contributed by atoms with Gasteiger partial charge in [-0.2, -0.15) is 10.1 Å². The van der Waals surface area contributed by atoms with Crippen LogP contribution in [-0.2, 0) is 36.9 Å². The monoisotopic (exact) mass is 922 g/mol. The zero-order valence-electron chi connectivity index (χ0n) is 37.4. The van der Waals surface area contributed by atoms with Gasteiger partial charge < -0.3 is 34.6 Å². The number of esters is 1. The molecule has 0 saturated carbocycles. The van der Waals surface area contributed by atoms with E-state index in [9.17, 15) is 28.8 Å². The van der Waals surface area contributed by atoms with E-state index in [1.54, 1.807) is 55.9 Å². The molecular formula is C45H51ClN12O8. The molecule has 1 unspecified atom stereocenters. The van der Waals surface area contributed by atoms with Crippen LogP contribution >= 0.6 is 11.6 Å². The van der Waals surface area contributed by atoms with E-state index in [1.165, 1.54) is 11.1 Å². The second-order valence-corrected chi connectivity index (χ2v) is 18.2. The van der Waals surface area contributed by atoms with Crippen molar-refractivity contribution in [3.05, 3.63) is 76.7 Å². The molecule has 8 rings (SSSR count). The van der Waals surface area contributed by atoms with Crippen molar-refractivity contribution in [3.63, 3.8) is 0 Å². The van der Waals surface area contributed by atoms with Gasteiger partial charge in [0.05, 0.1) is 46.1 Å². The first-order valence-corrected chi connectivity index (χ1v) is 22.3. The zero-order valence-corrected chi connectivity index (χ0v) is 38.1. The van der Waals surface area contributed by atoms with Gasteiger partial charge in [0.15, 0.2) is 12.4 Å². The summed E-state index contributed by atoms with van der Waals surface area (Å²) in [6.07, 6.45) is 7.02. The van der Waals surface area contributed by atoms with Gasteiger partial charge in [0.1, 0.15) is 11.7 Å². The number of hydrogen-bond donors (Lipinski definition) is 2. The SMILES string of the molecule is CC(C)c1c(NC(=O)Nc2cnc(-c3noc(CCCCC(=O)N4CCN(c5ccc6c(c5)CN(C5CCC(=O)N(COC(=O)C(C)(C)C)C5=O)C6=O)CC4)n3)c(Cl)c2)cnc2ccnn12. The summed E-state index contributed by atoms with van der Waals surface area (Å²) in [6.45, 7) is 11.1. The zero-order chi connectivity index (χ0) is 46.9. The summed E-state index contributed by atoms with van der Waals surface area (Å²) >= 11 is 6.54. The number of carbonyl (C=O) groups is 6. The van der Waals surface area contributed by atoms with Gasteiger partial charge >= 0.3 is 12.0 Å². The molecule has 3 aliphatic heterocycles. The molecule has 1 aromatic carbocycles. The predicted octanol–water partition coefficient (Wildman–Crippen LogP) is 5.68. The van der Waals surface area contributed by atoms with Crippen LogP contribution in [0, 0.1) is 5.41 Å². The van der Waals surface area contributed by atoms with Gasteiger partial charge in [0, 0.05) is 69.3 Å². The number of anilines is 3. The molecule has 2 N–H and O–H groups in total. The average molecular weight is 923 g/mol. The van der Waals surface area contributed by atoms with Crippen molar-refractivity contribution < 1.29 is 38.0 Å². The van der Waals surface area contributed by atoms with Gasteiger partial charge in [-0.1, -0.05) is 30.6 Å². The van der Waals surface area contributed by atoms with E-state index < -0.39 is 42.0 Å². The van der Waals surface area contributed by atoms with E-state index in [2.05, 4.69) is 40.7 Å². The highest BCUT2D eigenvalue weighted by Gasteiger charge is 2.43. The maximum absolute atomic E-state index is 13.5. The highest BCUT2D eigenvalue weighted by Crippen LogP contribution is 2.33. The number of imide groups is 1. The molecule has 0 aliphatic carbocycles. The van der Waals surface area contributed by atoms with Crippen LogP contribution in [0.3, 0.4) is 0 Å². The first-order valence-electron chi connectivity index (χ1n) is 21.9. The number of nitrogens with one attached hydrogen (secondary N) is 2. The third-order valence-corrected chi connectivity index (χ3v) is 12.1. The lowest BCUT2D eigenvalue weighted by Crippen LogP contribution is -2.55. The van der Waals surface area contributed by atoms with Crippen molar-refractivity contribution in [1.29, 1.82) is 0 Å². The van der Waals surface area contributed by atoms with Gasteiger partial charge in [-0.25, -0.2) is 24.2 Å². The molecule has 346 valence electrons. The van der Waals surface area contributed by atoms with Crippen LogP contribution in [0.15, 0.2) is 53.4 Å². The number of likely N-dealkylation sites (tertiary alicyclic amines) is 1. The Hall–Kier alpha value is -6.96. The van der Waals surface area contributed by atoms with Crippen molar-refractivity contribution >= 4 is 69.9 Å². The number of hydrogen-bond acceptors (Lipinski definition) is 14. The lowest BCUT2D eigenvalue weighted by atomic mass is 9.97. The number of amides is 6. The number of halogens is 1. The Morgan fingerprint density at radius 3 is 2.52 bits per heavy atom. The third kappa shape index (κ3) is 9.68. The summed E-state index contributed by atoms with van der Waals surface area (Å²) in [5.41, 5.74) is 4.05. The van der Waals surface area contributed by atoms with Crippen LogP contribution in [0.1, 0.15) is 100 Å². The molecule has 0 bridgehead atoms. The van der Waals surface area contributed by atoms with Crippen molar-refractivity contribution in [2.75, 3.05) is 48.4 Å². The standard InChI is InChI=1S/C45H51ClN12O8/c1-26(2)39-32(23-47-34-14-15-49-58(34)39)51-44(64)50-28-21-31(46)38(48-22-28)40-52-35(66-53-40)8-6-7-9-36(59)55-18-16-54(17-19-55)29-10-11-30-27(20-29)24-56(41(30)61)33-12-13-37(60)57(42(33)62)25-65-43(63)45(3,4)5/h10-11,14-15,20-23,26,33H,6-9,12-13,16-19,24-25H2,1-5H3,(H2,50,51,64). The molecule has 7 heterocycles. The topological polar surface area (TPSA) is 231 Å². The number of rotatable bonds is 13.